The number of oxime groups is 1. The zero-order chi connectivity index (χ0) is 10.8. The molecular weight excluding hydrogens is 221 g/mol. The van der Waals surface area contributed by atoms with Gasteiger partial charge in [0.25, 0.3) is 0 Å². The Hall–Kier alpha value is -1.30. The summed E-state index contributed by atoms with van der Waals surface area (Å²) in [5.74, 6) is 0. The van der Waals surface area contributed by atoms with Crippen molar-refractivity contribution in [1.82, 2.24) is 4.98 Å². The summed E-state index contributed by atoms with van der Waals surface area (Å²) in [4.78, 5) is 3.37. The first-order valence-corrected chi connectivity index (χ1v) is 3.73. The summed E-state index contributed by atoms with van der Waals surface area (Å²) in [6.07, 6.45) is -3.02. The van der Waals surface area contributed by atoms with Crippen molar-refractivity contribution >= 4 is 17.8 Å². The number of alkyl halides is 3. The van der Waals surface area contributed by atoms with Crippen LogP contribution in [0.4, 0.5) is 13.2 Å². The zero-order valence-electron chi connectivity index (χ0n) is 6.59. The highest BCUT2D eigenvalue weighted by atomic mass is 35.5. The summed E-state index contributed by atoms with van der Waals surface area (Å²) < 4.78 is 36.3. The molecule has 0 unspecified atom stereocenters. The van der Waals surface area contributed by atoms with E-state index in [-0.39, 0.29) is 10.7 Å². The van der Waals surface area contributed by atoms with Crippen LogP contribution in [0.15, 0.2) is 17.4 Å². The SMILES string of the molecule is O/N=C\c1ncc(C(F)(F)F)cc1Cl. The van der Waals surface area contributed by atoms with E-state index in [0.717, 1.165) is 6.21 Å². The summed E-state index contributed by atoms with van der Waals surface area (Å²) >= 11 is 5.45. The number of nitrogens with zero attached hydrogens (tertiary/aromatic N) is 2. The van der Waals surface area contributed by atoms with E-state index in [1.54, 1.807) is 0 Å². The van der Waals surface area contributed by atoms with Gasteiger partial charge in [-0.2, -0.15) is 13.2 Å². The van der Waals surface area contributed by atoms with E-state index in [2.05, 4.69) is 10.1 Å². The highest BCUT2D eigenvalue weighted by Crippen LogP contribution is 2.30. The maximum atomic E-state index is 12.1. The topological polar surface area (TPSA) is 45.5 Å². The zero-order valence-corrected chi connectivity index (χ0v) is 7.34. The maximum Gasteiger partial charge on any atom is 0.417 e. The van der Waals surface area contributed by atoms with Gasteiger partial charge in [-0.05, 0) is 6.07 Å². The van der Waals surface area contributed by atoms with E-state index in [1.807, 2.05) is 0 Å². The quantitative estimate of drug-likeness (QED) is 0.453. The maximum absolute atomic E-state index is 12.1. The van der Waals surface area contributed by atoms with Crippen LogP contribution >= 0.6 is 11.6 Å². The van der Waals surface area contributed by atoms with E-state index in [0.29, 0.717) is 12.3 Å². The number of pyridine rings is 1. The fourth-order valence-electron chi connectivity index (χ4n) is 0.753. The van der Waals surface area contributed by atoms with E-state index >= 15 is 0 Å². The van der Waals surface area contributed by atoms with Crippen molar-refractivity contribution in [2.24, 2.45) is 5.16 Å². The second-order valence-electron chi connectivity index (χ2n) is 2.33. The predicted octanol–water partition coefficient (Wildman–Crippen LogP) is 2.56. The first kappa shape index (κ1) is 10.8. The van der Waals surface area contributed by atoms with Crippen LogP contribution in [0.1, 0.15) is 11.3 Å². The molecule has 1 heterocycles. The number of halogens is 4. The van der Waals surface area contributed by atoms with E-state index in [9.17, 15) is 13.2 Å². The van der Waals surface area contributed by atoms with Crippen molar-refractivity contribution < 1.29 is 18.4 Å². The van der Waals surface area contributed by atoms with Gasteiger partial charge in [0.1, 0.15) is 5.69 Å². The largest absolute Gasteiger partial charge is 0.417 e. The lowest BCUT2D eigenvalue weighted by Gasteiger charge is -2.06. The minimum atomic E-state index is -4.48. The monoisotopic (exact) mass is 224 g/mol. The molecule has 0 saturated heterocycles. The molecule has 0 amide bonds. The summed E-state index contributed by atoms with van der Waals surface area (Å²) in [6, 6.07) is 0.714. The summed E-state index contributed by atoms with van der Waals surface area (Å²) in [6.45, 7) is 0. The molecule has 7 heteroatoms. The molecule has 0 aliphatic carbocycles. The Kier molecular flexibility index (Phi) is 2.95. The van der Waals surface area contributed by atoms with E-state index < -0.39 is 11.7 Å². The summed E-state index contributed by atoms with van der Waals surface area (Å²) in [5, 5.41) is 10.5. The molecule has 0 spiro atoms. The lowest BCUT2D eigenvalue weighted by atomic mass is 10.2. The smallest absolute Gasteiger partial charge is 0.411 e. The van der Waals surface area contributed by atoms with Crippen LogP contribution in [-0.4, -0.2) is 16.4 Å². The van der Waals surface area contributed by atoms with Gasteiger partial charge in [0, 0.05) is 6.20 Å². The molecular formula is C7H4ClF3N2O. The Morgan fingerprint density at radius 1 is 1.50 bits per heavy atom. The molecule has 1 N–H and O–H groups in total. The van der Waals surface area contributed by atoms with Crippen LogP contribution < -0.4 is 0 Å². The number of rotatable bonds is 1. The molecule has 1 rings (SSSR count). The van der Waals surface area contributed by atoms with Gasteiger partial charge in [-0.1, -0.05) is 16.8 Å². The fourth-order valence-corrected chi connectivity index (χ4v) is 0.968. The molecule has 3 nitrogen and oxygen atoms in total. The molecule has 0 aliphatic rings. The first-order valence-electron chi connectivity index (χ1n) is 3.35. The van der Waals surface area contributed by atoms with Crippen LogP contribution in [0.2, 0.25) is 5.02 Å². The molecule has 1 aromatic rings. The van der Waals surface area contributed by atoms with Gasteiger partial charge in [0.05, 0.1) is 16.8 Å². The lowest BCUT2D eigenvalue weighted by molar-refractivity contribution is -0.137. The van der Waals surface area contributed by atoms with Crippen molar-refractivity contribution in [1.29, 1.82) is 0 Å². The van der Waals surface area contributed by atoms with Gasteiger partial charge in [0.2, 0.25) is 0 Å². The van der Waals surface area contributed by atoms with Gasteiger partial charge in [-0.25, -0.2) is 0 Å². The second kappa shape index (κ2) is 3.83. The second-order valence-corrected chi connectivity index (χ2v) is 2.74. The number of hydrogen-bond acceptors (Lipinski definition) is 3. The van der Waals surface area contributed by atoms with E-state index in [1.165, 1.54) is 0 Å². The highest BCUT2D eigenvalue weighted by Gasteiger charge is 2.31. The van der Waals surface area contributed by atoms with Crippen molar-refractivity contribution in [3.63, 3.8) is 0 Å². The van der Waals surface area contributed by atoms with Crippen molar-refractivity contribution in [2.45, 2.75) is 6.18 Å². The summed E-state index contributed by atoms with van der Waals surface area (Å²) in [5.41, 5.74) is -0.972. The molecule has 0 saturated carbocycles. The minimum Gasteiger partial charge on any atom is -0.411 e. The van der Waals surface area contributed by atoms with Gasteiger partial charge in [-0.3, -0.25) is 4.98 Å². The van der Waals surface area contributed by atoms with Gasteiger partial charge < -0.3 is 5.21 Å². The van der Waals surface area contributed by atoms with Crippen LogP contribution in [0.3, 0.4) is 0 Å². The molecule has 76 valence electrons. The van der Waals surface area contributed by atoms with E-state index in [4.69, 9.17) is 16.8 Å². The van der Waals surface area contributed by atoms with Crippen LogP contribution in [0.25, 0.3) is 0 Å². The van der Waals surface area contributed by atoms with Gasteiger partial charge >= 0.3 is 6.18 Å². The standard InChI is InChI=1S/C7H4ClF3N2O/c8-5-1-4(7(9,10)11)2-12-6(5)3-13-14/h1-3,14H/b13-3-. The minimum absolute atomic E-state index is 0.0258. The molecule has 0 aromatic carbocycles. The number of aromatic nitrogens is 1. The third-order valence-corrected chi connectivity index (χ3v) is 1.68. The Labute approximate surface area is 81.8 Å². The third-order valence-electron chi connectivity index (χ3n) is 1.38. The molecule has 0 bridgehead atoms. The van der Waals surface area contributed by atoms with Crippen molar-refractivity contribution in [3.05, 3.63) is 28.5 Å². The van der Waals surface area contributed by atoms with Crippen LogP contribution in [0, 0.1) is 0 Å². The van der Waals surface area contributed by atoms with Crippen LogP contribution in [-0.2, 0) is 6.18 Å². The average molecular weight is 225 g/mol. The normalized spacial score (nSPS) is 12.3. The Balaban J connectivity index is 3.13. The Morgan fingerprint density at radius 3 is 2.57 bits per heavy atom. The molecule has 0 atom stereocenters. The number of hydrogen-bond donors (Lipinski definition) is 1. The Bertz CT molecular complexity index is 364. The van der Waals surface area contributed by atoms with Crippen LogP contribution in [0.5, 0.6) is 0 Å². The molecule has 0 aliphatic heterocycles. The van der Waals surface area contributed by atoms with Gasteiger partial charge in [0.15, 0.2) is 0 Å². The average Bonchev–Trinajstić information content (AvgIpc) is 2.07. The molecule has 14 heavy (non-hydrogen) atoms. The molecule has 1 aromatic heterocycles. The Morgan fingerprint density at radius 2 is 2.14 bits per heavy atom. The first-order chi connectivity index (χ1) is 6.45. The lowest BCUT2D eigenvalue weighted by Crippen LogP contribution is -2.06. The highest BCUT2D eigenvalue weighted by molar-refractivity contribution is 6.32. The third kappa shape index (κ3) is 2.35. The van der Waals surface area contributed by atoms with Gasteiger partial charge in [-0.15, -0.1) is 0 Å². The van der Waals surface area contributed by atoms with Crippen molar-refractivity contribution in [2.75, 3.05) is 0 Å². The predicted molar refractivity (Wildman–Crippen MR) is 43.6 cm³/mol. The molecule has 0 fully saturated rings. The van der Waals surface area contributed by atoms with Crippen molar-refractivity contribution in [3.8, 4) is 0 Å². The fraction of sp³-hybridized carbons (Fsp3) is 0.143. The summed E-state index contributed by atoms with van der Waals surface area (Å²) in [7, 11) is 0. The molecule has 0 radical (unpaired) electrons.